The molecule has 222 valence electrons. The fraction of sp³-hybridized carbons (Fsp3) is 0.412. The molecule has 1 saturated carbocycles. The molecule has 1 aliphatic carbocycles. The number of ether oxygens (including phenoxy) is 1. The molecule has 1 aliphatic rings. The maximum absolute atomic E-state index is 15.9. The van der Waals surface area contributed by atoms with E-state index >= 15 is 4.39 Å². The van der Waals surface area contributed by atoms with Crippen LogP contribution < -0.4 is 15.0 Å². The number of pyridine rings is 2. The molecule has 0 bridgehead atoms. The second-order valence-corrected chi connectivity index (χ2v) is 12.3. The Morgan fingerprint density at radius 1 is 1.00 bits per heavy atom. The van der Waals surface area contributed by atoms with Gasteiger partial charge >= 0.3 is 0 Å². The lowest BCUT2D eigenvalue weighted by molar-refractivity contribution is 0.214. The van der Waals surface area contributed by atoms with Crippen molar-refractivity contribution in [2.75, 3.05) is 30.9 Å². The van der Waals surface area contributed by atoms with E-state index in [0.29, 0.717) is 47.1 Å². The molecule has 0 amide bonds. The predicted molar refractivity (Wildman–Crippen MR) is 174 cm³/mol. The minimum absolute atomic E-state index is 0.216. The molecule has 6 nitrogen and oxygen atoms in total. The summed E-state index contributed by atoms with van der Waals surface area (Å²) in [7, 11) is 4.30. The predicted octanol–water partition coefficient (Wildman–Crippen LogP) is 8.04. The van der Waals surface area contributed by atoms with Crippen molar-refractivity contribution in [3.8, 4) is 5.88 Å². The summed E-state index contributed by atoms with van der Waals surface area (Å²) in [5.74, 6) is 1.10. The highest BCUT2D eigenvalue weighted by Crippen LogP contribution is 2.40. The van der Waals surface area contributed by atoms with E-state index in [1.807, 2.05) is 49.4 Å². The van der Waals surface area contributed by atoms with E-state index < -0.39 is 0 Å². The molecule has 0 atom stereocenters. The van der Waals surface area contributed by atoms with Gasteiger partial charge in [0.05, 0.1) is 10.2 Å². The van der Waals surface area contributed by atoms with Crippen LogP contribution in [-0.4, -0.2) is 47.6 Å². The normalized spacial score (nSPS) is 17.0. The zero-order chi connectivity index (χ0) is 29.8. The molecule has 0 saturated heterocycles. The number of nitrogens with one attached hydrogen (secondary N) is 1. The van der Waals surface area contributed by atoms with Gasteiger partial charge in [0, 0.05) is 53.4 Å². The fourth-order valence-corrected chi connectivity index (χ4v) is 6.63. The van der Waals surface area contributed by atoms with Crippen LogP contribution in [0.1, 0.15) is 55.0 Å². The number of aryl methyl sites for hydroxylation is 2. The maximum Gasteiger partial charge on any atom is 0.219 e. The van der Waals surface area contributed by atoms with E-state index in [1.165, 1.54) is 0 Å². The van der Waals surface area contributed by atoms with E-state index in [2.05, 4.69) is 65.1 Å². The molecule has 0 radical (unpaired) electrons. The lowest BCUT2D eigenvalue weighted by Crippen LogP contribution is -2.42. The van der Waals surface area contributed by atoms with Crippen molar-refractivity contribution in [2.24, 2.45) is 0 Å². The van der Waals surface area contributed by atoms with Crippen LogP contribution in [0.3, 0.4) is 0 Å². The molecule has 0 aliphatic heterocycles. The van der Waals surface area contributed by atoms with Gasteiger partial charge in [0.25, 0.3) is 0 Å². The van der Waals surface area contributed by atoms with Gasteiger partial charge in [-0.1, -0.05) is 30.3 Å². The van der Waals surface area contributed by atoms with Crippen LogP contribution in [0.2, 0.25) is 0 Å². The highest BCUT2D eigenvalue weighted by atomic mass is 79.9. The molecular weight excluding hydrogens is 593 g/mol. The monoisotopic (exact) mass is 633 g/mol. The second kappa shape index (κ2) is 13.4. The van der Waals surface area contributed by atoms with Gasteiger partial charge in [-0.25, -0.2) is 14.4 Å². The van der Waals surface area contributed by atoms with Crippen molar-refractivity contribution in [3.63, 3.8) is 0 Å². The third-order valence-electron chi connectivity index (χ3n) is 8.49. The van der Waals surface area contributed by atoms with Gasteiger partial charge in [-0.15, -0.1) is 0 Å². The van der Waals surface area contributed by atoms with E-state index in [-0.39, 0.29) is 5.82 Å². The zero-order valence-electron chi connectivity index (χ0n) is 25.3. The highest BCUT2D eigenvalue weighted by molar-refractivity contribution is 9.10. The van der Waals surface area contributed by atoms with Crippen LogP contribution in [0.5, 0.6) is 5.88 Å². The fourth-order valence-electron chi connectivity index (χ4n) is 6.22. The first-order valence-corrected chi connectivity index (χ1v) is 15.6. The molecular formula is C34H41BrFN5O. The van der Waals surface area contributed by atoms with E-state index in [1.54, 1.807) is 6.20 Å². The Bertz CT molecular complexity index is 1520. The van der Waals surface area contributed by atoms with Gasteiger partial charge in [0.15, 0.2) is 5.82 Å². The van der Waals surface area contributed by atoms with Gasteiger partial charge < -0.3 is 19.9 Å². The van der Waals surface area contributed by atoms with Crippen molar-refractivity contribution in [3.05, 3.63) is 87.4 Å². The Morgan fingerprint density at radius 3 is 2.40 bits per heavy atom. The summed E-state index contributed by atoms with van der Waals surface area (Å²) >= 11 is 3.53. The van der Waals surface area contributed by atoms with Gasteiger partial charge in [0.2, 0.25) is 5.88 Å². The quantitative estimate of drug-likeness (QED) is 0.191. The van der Waals surface area contributed by atoms with E-state index in [4.69, 9.17) is 14.7 Å². The molecule has 2 aromatic heterocycles. The summed E-state index contributed by atoms with van der Waals surface area (Å²) in [6, 6.07) is 16.8. The van der Waals surface area contributed by atoms with Crippen molar-refractivity contribution >= 4 is 38.2 Å². The molecule has 1 N–H and O–H groups in total. The Kier molecular flexibility index (Phi) is 9.63. The topological polar surface area (TPSA) is 53.5 Å². The Hall–Kier alpha value is -3.23. The Labute approximate surface area is 257 Å². The van der Waals surface area contributed by atoms with Crippen LogP contribution in [-0.2, 0) is 13.2 Å². The van der Waals surface area contributed by atoms with Gasteiger partial charge in [-0.2, -0.15) is 0 Å². The van der Waals surface area contributed by atoms with Crippen LogP contribution in [0, 0.1) is 19.7 Å². The van der Waals surface area contributed by atoms with Crippen LogP contribution in [0.15, 0.2) is 59.2 Å². The third-order valence-corrected chi connectivity index (χ3v) is 9.06. The Balaban J connectivity index is 1.44. The van der Waals surface area contributed by atoms with E-state index in [0.717, 1.165) is 65.4 Å². The SMILES string of the molecule is CCN(c1c(F)c(Br)cc2c(NCc3c(C)cc(C)nc3OCc3ccccc3)nccc12)C1CCC(N(C)C)CC1. The number of aromatic nitrogens is 2. The van der Waals surface area contributed by atoms with Crippen LogP contribution in [0.4, 0.5) is 15.9 Å². The lowest BCUT2D eigenvalue weighted by atomic mass is 9.89. The number of rotatable bonds is 10. The average molecular weight is 635 g/mol. The van der Waals surface area contributed by atoms with Gasteiger partial charge in [0.1, 0.15) is 12.4 Å². The van der Waals surface area contributed by atoms with Gasteiger partial charge in [-0.05, 0) is 106 Å². The van der Waals surface area contributed by atoms with Crippen molar-refractivity contribution < 1.29 is 9.13 Å². The van der Waals surface area contributed by atoms with Crippen molar-refractivity contribution in [1.82, 2.24) is 14.9 Å². The first kappa shape index (κ1) is 30.2. The van der Waals surface area contributed by atoms with Crippen molar-refractivity contribution in [2.45, 2.75) is 71.7 Å². The van der Waals surface area contributed by atoms with Crippen LogP contribution in [0.25, 0.3) is 10.8 Å². The molecule has 2 aromatic carbocycles. The molecule has 0 spiro atoms. The highest BCUT2D eigenvalue weighted by Gasteiger charge is 2.29. The third kappa shape index (κ3) is 6.55. The molecule has 0 unspecified atom stereocenters. The molecule has 5 rings (SSSR count). The number of halogens is 2. The first-order valence-electron chi connectivity index (χ1n) is 14.8. The second-order valence-electron chi connectivity index (χ2n) is 11.5. The molecule has 4 aromatic rings. The standard InChI is InChI=1S/C34H41BrFN5O/c1-6-41(26-14-12-25(13-15-26)40(4)5)32-27-16-17-37-33(28(27)19-30(35)31(32)36)38-20-29-22(2)18-23(3)39-34(29)42-21-24-10-8-7-9-11-24/h7-11,16-19,25-26H,6,12-15,20-21H2,1-5H3,(H,37,38). The summed E-state index contributed by atoms with van der Waals surface area (Å²) < 4.78 is 22.6. The number of hydrogen-bond donors (Lipinski definition) is 1. The summed E-state index contributed by atoms with van der Waals surface area (Å²) in [4.78, 5) is 14.0. The number of nitrogens with zero attached hydrogens (tertiary/aromatic N) is 4. The summed E-state index contributed by atoms with van der Waals surface area (Å²) in [5, 5.41) is 5.28. The number of hydrogen-bond acceptors (Lipinski definition) is 6. The number of anilines is 2. The summed E-state index contributed by atoms with van der Waals surface area (Å²) in [6.07, 6.45) is 6.10. The maximum atomic E-state index is 15.9. The smallest absolute Gasteiger partial charge is 0.219 e. The minimum atomic E-state index is -0.216. The zero-order valence-corrected chi connectivity index (χ0v) is 26.8. The molecule has 1 fully saturated rings. The lowest BCUT2D eigenvalue weighted by Gasteiger charge is -2.40. The Morgan fingerprint density at radius 2 is 1.71 bits per heavy atom. The van der Waals surface area contributed by atoms with Gasteiger partial charge in [-0.3, -0.25) is 0 Å². The first-order chi connectivity index (χ1) is 20.3. The van der Waals surface area contributed by atoms with Crippen molar-refractivity contribution in [1.29, 1.82) is 0 Å². The largest absolute Gasteiger partial charge is 0.473 e. The van der Waals surface area contributed by atoms with E-state index in [9.17, 15) is 0 Å². The molecule has 2 heterocycles. The average Bonchev–Trinajstić information content (AvgIpc) is 2.98. The minimum Gasteiger partial charge on any atom is -0.473 e. The summed E-state index contributed by atoms with van der Waals surface area (Å²) in [6.45, 7) is 7.83. The number of fused-ring (bicyclic) bond motifs is 1. The summed E-state index contributed by atoms with van der Waals surface area (Å²) in [5.41, 5.74) is 4.72. The molecule has 42 heavy (non-hydrogen) atoms. The molecule has 8 heteroatoms. The number of benzene rings is 2. The van der Waals surface area contributed by atoms with Crippen LogP contribution >= 0.6 is 15.9 Å².